The maximum absolute atomic E-state index is 12.4. The monoisotopic (exact) mass is 860 g/mol. The summed E-state index contributed by atoms with van der Waals surface area (Å²) in [6.45, 7) is 4.83. The second-order valence-electron chi connectivity index (χ2n) is 18.6. The van der Waals surface area contributed by atoms with E-state index in [1.165, 1.54) is 180 Å². The van der Waals surface area contributed by atoms with Crippen molar-refractivity contribution in [2.75, 3.05) is 13.2 Å². The third-order valence-electron chi connectivity index (χ3n) is 12.5. The first-order valence-electron chi connectivity index (χ1n) is 27.1. The molecule has 0 aliphatic carbocycles. The molecule has 0 saturated heterocycles. The van der Waals surface area contributed by atoms with Crippen LogP contribution < -0.4 is 5.32 Å². The van der Waals surface area contributed by atoms with Crippen LogP contribution in [-0.2, 0) is 14.3 Å². The summed E-state index contributed by atoms with van der Waals surface area (Å²) in [4.78, 5) is 24.5. The van der Waals surface area contributed by atoms with Crippen LogP contribution in [0.15, 0.2) is 24.3 Å². The Hall–Kier alpha value is -1.66. The fraction of sp³-hybridized carbons (Fsp3) is 0.891. The molecule has 0 aromatic rings. The van der Waals surface area contributed by atoms with Gasteiger partial charge in [-0.15, -0.1) is 0 Å². The lowest BCUT2D eigenvalue weighted by molar-refractivity contribution is -0.143. The van der Waals surface area contributed by atoms with Crippen molar-refractivity contribution in [1.29, 1.82) is 0 Å². The highest BCUT2D eigenvalue weighted by molar-refractivity contribution is 5.76. The topological polar surface area (TPSA) is 95.9 Å². The largest absolute Gasteiger partial charge is 0.466 e. The molecule has 0 saturated carbocycles. The number of allylic oxidation sites excluding steroid dienone is 3. The Kier molecular flexibility index (Phi) is 49.6. The summed E-state index contributed by atoms with van der Waals surface area (Å²) in [5.41, 5.74) is 0. The van der Waals surface area contributed by atoms with Gasteiger partial charge >= 0.3 is 5.97 Å². The Bertz CT molecular complexity index is 951. The molecule has 61 heavy (non-hydrogen) atoms. The number of unbranched alkanes of at least 4 members (excludes halogenated alkanes) is 37. The number of carbonyl (C=O) groups is 2. The van der Waals surface area contributed by atoms with Gasteiger partial charge in [0.1, 0.15) is 0 Å². The predicted octanol–water partition coefficient (Wildman–Crippen LogP) is 16.3. The Morgan fingerprint density at radius 2 is 0.770 bits per heavy atom. The number of esters is 1. The predicted molar refractivity (Wildman–Crippen MR) is 264 cm³/mol. The first-order chi connectivity index (χ1) is 30.0. The highest BCUT2D eigenvalue weighted by Gasteiger charge is 2.18. The number of carbonyl (C=O) groups excluding carboxylic acids is 2. The molecule has 0 aliphatic rings. The van der Waals surface area contributed by atoms with Crippen molar-refractivity contribution in [2.45, 2.75) is 302 Å². The Morgan fingerprint density at radius 1 is 0.443 bits per heavy atom. The van der Waals surface area contributed by atoms with E-state index in [4.69, 9.17) is 4.74 Å². The number of rotatable bonds is 50. The molecule has 1 amide bonds. The normalized spacial score (nSPS) is 12.8. The summed E-state index contributed by atoms with van der Waals surface area (Å²) < 4.78 is 5.45. The molecule has 6 nitrogen and oxygen atoms in total. The molecule has 6 heteroatoms. The van der Waals surface area contributed by atoms with Crippen molar-refractivity contribution in [3.63, 3.8) is 0 Å². The van der Waals surface area contributed by atoms with E-state index < -0.39 is 12.1 Å². The Balaban J connectivity index is 3.50. The SMILES string of the molecule is CCCCCCCCCCCCCC/C=C/C(O)C(CO)NC(=O)CCCCCCC/C=C\CCCCOC(=O)CCCCCCCCCCCCCCCCCCCCC. The molecule has 360 valence electrons. The minimum absolute atomic E-state index is 0.0284. The fourth-order valence-electron chi connectivity index (χ4n) is 8.27. The van der Waals surface area contributed by atoms with E-state index in [2.05, 4.69) is 31.3 Å². The first-order valence-corrected chi connectivity index (χ1v) is 27.1. The zero-order valence-electron chi connectivity index (χ0n) is 40.9. The van der Waals surface area contributed by atoms with Gasteiger partial charge in [0.15, 0.2) is 0 Å². The first kappa shape index (κ1) is 59.3. The number of hydrogen-bond acceptors (Lipinski definition) is 5. The Morgan fingerprint density at radius 3 is 1.16 bits per heavy atom. The van der Waals surface area contributed by atoms with E-state index in [9.17, 15) is 19.8 Å². The van der Waals surface area contributed by atoms with Gasteiger partial charge in [0.05, 0.1) is 25.4 Å². The second-order valence-corrected chi connectivity index (χ2v) is 18.6. The number of ether oxygens (including phenoxy) is 1. The van der Waals surface area contributed by atoms with E-state index >= 15 is 0 Å². The second kappa shape index (κ2) is 51.0. The smallest absolute Gasteiger partial charge is 0.305 e. The summed E-state index contributed by atoms with van der Waals surface area (Å²) in [6.07, 6.45) is 60.5. The molecule has 0 heterocycles. The van der Waals surface area contributed by atoms with Crippen molar-refractivity contribution in [3.05, 3.63) is 24.3 Å². The van der Waals surface area contributed by atoms with Crippen LogP contribution >= 0.6 is 0 Å². The Labute approximate surface area is 380 Å². The van der Waals surface area contributed by atoms with Crippen molar-refractivity contribution in [2.24, 2.45) is 0 Å². The molecule has 0 fully saturated rings. The highest BCUT2D eigenvalue weighted by Crippen LogP contribution is 2.16. The standard InChI is InChI=1S/C55H105NO5/c1-3-5-7-9-11-13-15-17-19-20-21-22-23-25-29-33-37-41-45-49-55(60)61-50-46-42-38-34-30-26-28-32-36-40-44-48-54(59)56-52(51-57)53(58)47-43-39-35-31-27-24-18-16-14-12-10-8-6-4-2/h30,34,43,47,52-53,57-58H,3-29,31-33,35-42,44-46,48-51H2,1-2H3,(H,56,59)/b34-30-,47-43+. The van der Waals surface area contributed by atoms with Gasteiger partial charge < -0.3 is 20.3 Å². The van der Waals surface area contributed by atoms with Gasteiger partial charge in [-0.3, -0.25) is 9.59 Å². The van der Waals surface area contributed by atoms with Crippen molar-refractivity contribution < 1.29 is 24.5 Å². The number of amides is 1. The molecular formula is C55H105NO5. The molecule has 0 aromatic carbocycles. The van der Waals surface area contributed by atoms with Crippen LogP contribution in [0, 0.1) is 0 Å². The molecular weight excluding hydrogens is 755 g/mol. The van der Waals surface area contributed by atoms with Crippen LogP contribution in [0.25, 0.3) is 0 Å². The zero-order valence-corrected chi connectivity index (χ0v) is 40.9. The number of hydrogen-bond donors (Lipinski definition) is 3. The third-order valence-corrected chi connectivity index (χ3v) is 12.5. The minimum Gasteiger partial charge on any atom is -0.466 e. The zero-order chi connectivity index (χ0) is 44.4. The summed E-state index contributed by atoms with van der Waals surface area (Å²) >= 11 is 0. The van der Waals surface area contributed by atoms with Crippen LogP contribution in [0.4, 0.5) is 0 Å². The fourth-order valence-corrected chi connectivity index (χ4v) is 8.27. The van der Waals surface area contributed by atoms with E-state index in [0.717, 1.165) is 83.5 Å². The van der Waals surface area contributed by atoms with Gasteiger partial charge in [-0.1, -0.05) is 244 Å². The lowest BCUT2D eigenvalue weighted by Crippen LogP contribution is -2.45. The van der Waals surface area contributed by atoms with Crippen LogP contribution in [0.2, 0.25) is 0 Å². The highest BCUT2D eigenvalue weighted by atomic mass is 16.5. The lowest BCUT2D eigenvalue weighted by atomic mass is 10.0. The van der Waals surface area contributed by atoms with Crippen molar-refractivity contribution in [3.8, 4) is 0 Å². The van der Waals surface area contributed by atoms with E-state index in [0.29, 0.717) is 19.4 Å². The average molecular weight is 860 g/mol. The quantitative estimate of drug-likeness (QED) is 0.0322. The van der Waals surface area contributed by atoms with E-state index in [1.807, 2.05) is 6.08 Å². The van der Waals surface area contributed by atoms with Crippen LogP contribution in [0.5, 0.6) is 0 Å². The molecule has 3 N–H and O–H groups in total. The molecule has 0 rings (SSSR count). The molecule has 0 bridgehead atoms. The summed E-state index contributed by atoms with van der Waals surface area (Å²) in [7, 11) is 0. The van der Waals surface area contributed by atoms with E-state index in [1.54, 1.807) is 6.08 Å². The summed E-state index contributed by atoms with van der Waals surface area (Å²) in [5, 5.41) is 23.0. The van der Waals surface area contributed by atoms with Crippen molar-refractivity contribution >= 4 is 11.9 Å². The lowest BCUT2D eigenvalue weighted by Gasteiger charge is -2.20. The molecule has 0 aliphatic heterocycles. The molecule has 0 aromatic heterocycles. The van der Waals surface area contributed by atoms with Gasteiger partial charge in [-0.25, -0.2) is 0 Å². The minimum atomic E-state index is -0.861. The average Bonchev–Trinajstić information content (AvgIpc) is 3.26. The molecule has 0 spiro atoms. The van der Waals surface area contributed by atoms with Crippen LogP contribution in [-0.4, -0.2) is 47.4 Å². The molecule has 2 unspecified atom stereocenters. The summed E-state index contributed by atoms with van der Waals surface area (Å²) in [5.74, 6) is -0.125. The number of aliphatic hydroxyl groups is 2. The third kappa shape index (κ3) is 47.7. The van der Waals surface area contributed by atoms with Gasteiger partial charge in [0, 0.05) is 12.8 Å². The van der Waals surface area contributed by atoms with Gasteiger partial charge in [-0.2, -0.15) is 0 Å². The molecule has 0 radical (unpaired) electrons. The maximum Gasteiger partial charge on any atom is 0.305 e. The maximum atomic E-state index is 12.4. The molecule has 2 atom stereocenters. The van der Waals surface area contributed by atoms with Crippen molar-refractivity contribution in [1.82, 2.24) is 5.32 Å². The van der Waals surface area contributed by atoms with Crippen LogP contribution in [0.3, 0.4) is 0 Å². The number of nitrogens with one attached hydrogen (secondary N) is 1. The van der Waals surface area contributed by atoms with Crippen LogP contribution in [0.1, 0.15) is 290 Å². The summed E-state index contributed by atoms with van der Waals surface area (Å²) in [6, 6.07) is -0.648. The van der Waals surface area contributed by atoms with Gasteiger partial charge in [0.2, 0.25) is 5.91 Å². The van der Waals surface area contributed by atoms with Gasteiger partial charge in [-0.05, 0) is 57.8 Å². The van der Waals surface area contributed by atoms with Gasteiger partial charge in [0.25, 0.3) is 0 Å². The van der Waals surface area contributed by atoms with E-state index in [-0.39, 0.29) is 18.5 Å². The number of aliphatic hydroxyl groups excluding tert-OH is 2.